The van der Waals surface area contributed by atoms with Crippen molar-refractivity contribution in [1.82, 2.24) is 10.5 Å². The van der Waals surface area contributed by atoms with E-state index in [-0.39, 0.29) is 11.8 Å². The van der Waals surface area contributed by atoms with Crippen LogP contribution in [0.5, 0.6) is 11.5 Å². The maximum absolute atomic E-state index is 10.2. The smallest absolute Gasteiger partial charge is 0.162 e. The van der Waals surface area contributed by atoms with Gasteiger partial charge in [0, 0.05) is 23.7 Å². The number of hydrogen-bond donors (Lipinski definition) is 2. The van der Waals surface area contributed by atoms with Gasteiger partial charge in [0.25, 0.3) is 0 Å². The van der Waals surface area contributed by atoms with Gasteiger partial charge in [-0.15, -0.1) is 0 Å². The second-order valence-corrected chi connectivity index (χ2v) is 5.04. The van der Waals surface area contributed by atoms with E-state index in [0.29, 0.717) is 18.9 Å². The van der Waals surface area contributed by atoms with E-state index in [4.69, 9.17) is 9.26 Å². The Morgan fingerprint density at radius 2 is 2.14 bits per heavy atom. The van der Waals surface area contributed by atoms with Crippen LogP contribution in [0.25, 0.3) is 0 Å². The first-order chi connectivity index (χ1) is 10.0. The van der Waals surface area contributed by atoms with Crippen molar-refractivity contribution in [1.29, 1.82) is 0 Å². The lowest BCUT2D eigenvalue weighted by molar-refractivity contribution is 0.316. The Labute approximate surface area is 124 Å². The van der Waals surface area contributed by atoms with E-state index in [1.165, 1.54) is 0 Å². The van der Waals surface area contributed by atoms with Crippen molar-refractivity contribution < 1.29 is 14.4 Å². The summed E-state index contributed by atoms with van der Waals surface area (Å²) in [6.45, 7) is 8.84. The third-order valence-corrected chi connectivity index (χ3v) is 3.50. The van der Waals surface area contributed by atoms with Crippen molar-refractivity contribution in [3.05, 3.63) is 40.8 Å². The van der Waals surface area contributed by atoms with Crippen LogP contribution in [0, 0.1) is 13.8 Å². The van der Waals surface area contributed by atoms with Crippen molar-refractivity contribution in [3.63, 3.8) is 0 Å². The first-order valence-corrected chi connectivity index (χ1v) is 7.14. The van der Waals surface area contributed by atoms with Crippen molar-refractivity contribution in [2.24, 2.45) is 0 Å². The van der Waals surface area contributed by atoms with Gasteiger partial charge in [0.05, 0.1) is 12.3 Å². The number of ether oxygens (including phenoxy) is 1. The molecule has 2 aromatic rings. The third kappa shape index (κ3) is 3.36. The largest absolute Gasteiger partial charge is 0.504 e. The molecule has 21 heavy (non-hydrogen) atoms. The molecule has 2 rings (SSSR count). The van der Waals surface area contributed by atoms with E-state index in [9.17, 15) is 5.11 Å². The SMILES string of the molecule is CCOc1cccc(CNC(C)c2c(C)noc2C)c1O. The monoisotopic (exact) mass is 290 g/mol. The normalized spacial score (nSPS) is 12.4. The number of aromatic hydroxyl groups is 1. The minimum Gasteiger partial charge on any atom is -0.504 e. The fourth-order valence-corrected chi connectivity index (χ4v) is 2.46. The molecule has 0 radical (unpaired) electrons. The van der Waals surface area contributed by atoms with Crippen molar-refractivity contribution >= 4 is 0 Å². The molecule has 0 fully saturated rings. The van der Waals surface area contributed by atoms with Crippen LogP contribution in [0.2, 0.25) is 0 Å². The first kappa shape index (κ1) is 15.4. The number of rotatable bonds is 6. The van der Waals surface area contributed by atoms with Crippen LogP contribution in [-0.4, -0.2) is 16.9 Å². The number of nitrogens with one attached hydrogen (secondary N) is 1. The Bertz CT molecular complexity index is 588. The van der Waals surface area contributed by atoms with Gasteiger partial charge in [0.1, 0.15) is 5.76 Å². The van der Waals surface area contributed by atoms with Gasteiger partial charge in [0.15, 0.2) is 11.5 Å². The first-order valence-electron chi connectivity index (χ1n) is 7.14. The van der Waals surface area contributed by atoms with E-state index in [0.717, 1.165) is 22.6 Å². The predicted octanol–water partition coefficient (Wildman–Crippen LogP) is 3.25. The lowest BCUT2D eigenvalue weighted by atomic mass is 10.1. The molecule has 0 bridgehead atoms. The molecule has 0 saturated heterocycles. The molecule has 1 atom stereocenters. The van der Waals surface area contributed by atoms with Gasteiger partial charge in [-0.05, 0) is 33.8 Å². The molecule has 1 aromatic heterocycles. The Morgan fingerprint density at radius 3 is 2.76 bits per heavy atom. The summed E-state index contributed by atoms with van der Waals surface area (Å²) < 4.78 is 10.6. The molecule has 0 spiro atoms. The molecule has 0 aliphatic rings. The van der Waals surface area contributed by atoms with Crippen LogP contribution in [0.15, 0.2) is 22.7 Å². The number of hydrogen-bond acceptors (Lipinski definition) is 5. The van der Waals surface area contributed by atoms with Gasteiger partial charge in [-0.3, -0.25) is 0 Å². The van der Waals surface area contributed by atoms with Crippen LogP contribution >= 0.6 is 0 Å². The zero-order valence-electron chi connectivity index (χ0n) is 12.9. The van der Waals surface area contributed by atoms with Gasteiger partial charge in [-0.1, -0.05) is 17.3 Å². The van der Waals surface area contributed by atoms with Gasteiger partial charge < -0.3 is 19.7 Å². The molecule has 2 N–H and O–H groups in total. The Morgan fingerprint density at radius 1 is 1.38 bits per heavy atom. The minimum atomic E-state index is 0.0893. The molecular weight excluding hydrogens is 268 g/mol. The van der Waals surface area contributed by atoms with Gasteiger partial charge in [0.2, 0.25) is 0 Å². The van der Waals surface area contributed by atoms with E-state index in [2.05, 4.69) is 17.4 Å². The summed E-state index contributed by atoms with van der Waals surface area (Å²) >= 11 is 0. The number of aromatic nitrogens is 1. The molecule has 5 nitrogen and oxygen atoms in total. The van der Waals surface area contributed by atoms with Crippen LogP contribution < -0.4 is 10.1 Å². The number of phenolic OH excluding ortho intramolecular Hbond substituents is 1. The molecular formula is C16H22N2O3. The highest BCUT2D eigenvalue weighted by Gasteiger charge is 2.16. The Balaban J connectivity index is 2.08. The molecule has 0 aliphatic carbocycles. The topological polar surface area (TPSA) is 67.5 Å². The van der Waals surface area contributed by atoms with Gasteiger partial charge in [-0.2, -0.15) is 0 Å². The third-order valence-electron chi connectivity index (χ3n) is 3.50. The molecule has 0 amide bonds. The van der Waals surface area contributed by atoms with Crippen LogP contribution in [0.4, 0.5) is 0 Å². The number of benzene rings is 1. The summed E-state index contributed by atoms with van der Waals surface area (Å²) in [5, 5.41) is 17.5. The van der Waals surface area contributed by atoms with Crippen molar-refractivity contribution in [2.45, 2.75) is 40.3 Å². The summed E-state index contributed by atoms with van der Waals surface area (Å²) in [5.74, 6) is 1.53. The molecule has 114 valence electrons. The average Bonchev–Trinajstić information content (AvgIpc) is 2.79. The summed E-state index contributed by atoms with van der Waals surface area (Å²) in [5.41, 5.74) is 2.76. The molecule has 5 heteroatoms. The van der Waals surface area contributed by atoms with Crippen molar-refractivity contribution in [2.75, 3.05) is 6.61 Å². The summed E-state index contributed by atoms with van der Waals surface area (Å²) in [4.78, 5) is 0. The second-order valence-electron chi connectivity index (χ2n) is 5.04. The number of para-hydroxylation sites is 1. The van der Waals surface area contributed by atoms with Gasteiger partial charge in [-0.25, -0.2) is 0 Å². The summed E-state index contributed by atoms with van der Waals surface area (Å²) in [6.07, 6.45) is 0. The summed E-state index contributed by atoms with van der Waals surface area (Å²) in [7, 11) is 0. The van der Waals surface area contributed by atoms with Crippen LogP contribution in [0.1, 0.15) is 42.5 Å². The standard InChI is InChI=1S/C16H22N2O3/c1-5-20-14-8-6-7-13(16(14)19)9-17-10(2)15-11(3)18-21-12(15)4/h6-8,10,17,19H,5,9H2,1-4H3. The highest BCUT2D eigenvalue weighted by atomic mass is 16.5. The number of aryl methyl sites for hydroxylation is 2. The predicted molar refractivity (Wildman–Crippen MR) is 80.5 cm³/mol. The van der Waals surface area contributed by atoms with E-state index in [1.807, 2.05) is 32.9 Å². The Kier molecular flexibility index (Phi) is 4.85. The zero-order valence-corrected chi connectivity index (χ0v) is 12.9. The fourth-order valence-electron chi connectivity index (χ4n) is 2.46. The maximum atomic E-state index is 10.2. The maximum Gasteiger partial charge on any atom is 0.162 e. The number of nitrogens with zero attached hydrogens (tertiary/aromatic N) is 1. The zero-order chi connectivity index (χ0) is 15.4. The fraction of sp³-hybridized carbons (Fsp3) is 0.438. The molecule has 0 saturated carbocycles. The lowest BCUT2D eigenvalue weighted by Gasteiger charge is -2.15. The second kappa shape index (κ2) is 6.63. The van der Waals surface area contributed by atoms with Crippen molar-refractivity contribution in [3.8, 4) is 11.5 Å². The van der Waals surface area contributed by atoms with E-state index >= 15 is 0 Å². The lowest BCUT2D eigenvalue weighted by Crippen LogP contribution is -2.19. The molecule has 1 aromatic carbocycles. The minimum absolute atomic E-state index is 0.0893. The number of phenols is 1. The average molecular weight is 290 g/mol. The molecule has 0 aliphatic heterocycles. The Hall–Kier alpha value is -2.01. The molecule has 1 heterocycles. The highest BCUT2D eigenvalue weighted by molar-refractivity contribution is 5.45. The van der Waals surface area contributed by atoms with Crippen LogP contribution in [-0.2, 0) is 6.54 Å². The quantitative estimate of drug-likeness (QED) is 0.854. The van der Waals surface area contributed by atoms with E-state index in [1.54, 1.807) is 6.07 Å². The van der Waals surface area contributed by atoms with Crippen LogP contribution in [0.3, 0.4) is 0 Å². The summed E-state index contributed by atoms with van der Waals surface area (Å²) in [6, 6.07) is 5.61. The highest BCUT2D eigenvalue weighted by Crippen LogP contribution is 2.30. The van der Waals surface area contributed by atoms with E-state index < -0.39 is 0 Å². The molecule has 1 unspecified atom stereocenters. The van der Waals surface area contributed by atoms with Gasteiger partial charge >= 0.3 is 0 Å².